The number of benzene rings is 2. The van der Waals surface area contributed by atoms with Crippen LogP contribution < -0.4 is 0 Å². The largest absolute Gasteiger partial charge is 0.507 e. The van der Waals surface area contributed by atoms with Crippen molar-refractivity contribution in [2.24, 2.45) is 0 Å². The quantitative estimate of drug-likeness (QED) is 0.297. The van der Waals surface area contributed by atoms with Gasteiger partial charge < -0.3 is 10.0 Å². The molecule has 0 aliphatic carbocycles. The van der Waals surface area contributed by atoms with Crippen LogP contribution >= 0.6 is 11.6 Å². The number of halogens is 1. The van der Waals surface area contributed by atoms with Crippen LogP contribution in [0.3, 0.4) is 0 Å². The van der Waals surface area contributed by atoms with Crippen LogP contribution in [0.4, 0.5) is 0 Å². The maximum absolute atomic E-state index is 12.9. The molecule has 5 heteroatoms. The van der Waals surface area contributed by atoms with Crippen molar-refractivity contribution in [1.29, 1.82) is 0 Å². The van der Waals surface area contributed by atoms with Gasteiger partial charge in [0.05, 0.1) is 11.6 Å². The van der Waals surface area contributed by atoms with Crippen LogP contribution in [0.2, 0.25) is 5.02 Å². The van der Waals surface area contributed by atoms with E-state index < -0.39 is 17.7 Å². The zero-order chi connectivity index (χ0) is 20.1. The fraction of sp³-hybridized carbons (Fsp3) is 0.304. The number of aliphatic hydroxyl groups is 1. The van der Waals surface area contributed by atoms with Gasteiger partial charge in [0.1, 0.15) is 5.76 Å². The lowest BCUT2D eigenvalue weighted by Gasteiger charge is -2.26. The Morgan fingerprint density at radius 3 is 2.36 bits per heavy atom. The fourth-order valence-electron chi connectivity index (χ4n) is 3.59. The summed E-state index contributed by atoms with van der Waals surface area (Å²) in [5.74, 6) is -1.42. The van der Waals surface area contributed by atoms with Gasteiger partial charge in [-0.2, -0.15) is 0 Å². The Morgan fingerprint density at radius 1 is 1.00 bits per heavy atom. The number of Topliss-reactive ketones (excluding diaryl/α,β-unsaturated/α-hetero) is 1. The van der Waals surface area contributed by atoms with Crippen LogP contribution in [-0.2, 0) is 9.59 Å². The molecule has 1 amide bonds. The topological polar surface area (TPSA) is 57.6 Å². The first-order valence-electron chi connectivity index (χ1n) is 9.64. The lowest BCUT2D eigenvalue weighted by Crippen LogP contribution is -2.30. The van der Waals surface area contributed by atoms with E-state index in [1.807, 2.05) is 12.1 Å². The summed E-state index contributed by atoms with van der Waals surface area (Å²) < 4.78 is 0. The third kappa shape index (κ3) is 3.97. The molecule has 146 valence electrons. The number of carbonyl (C=O) groups is 2. The van der Waals surface area contributed by atoms with Crippen molar-refractivity contribution < 1.29 is 14.7 Å². The Labute approximate surface area is 170 Å². The second-order valence-corrected chi connectivity index (χ2v) is 7.35. The Kier molecular flexibility index (Phi) is 6.53. The molecular formula is C23H24ClNO3. The van der Waals surface area contributed by atoms with E-state index in [2.05, 4.69) is 6.92 Å². The molecule has 1 fully saturated rings. The number of aliphatic hydroxyl groups excluding tert-OH is 1. The summed E-state index contributed by atoms with van der Waals surface area (Å²) in [7, 11) is 0. The number of likely N-dealkylation sites (tertiary alicyclic amines) is 1. The molecule has 0 spiro atoms. The maximum Gasteiger partial charge on any atom is 0.295 e. The molecule has 2 aromatic rings. The van der Waals surface area contributed by atoms with E-state index in [1.54, 1.807) is 47.4 Å². The van der Waals surface area contributed by atoms with Gasteiger partial charge in [-0.3, -0.25) is 9.59 Å². The van der Waals surface area contributed by atoms with Gasteiger partial charge in [-0.1, -0.05) is 86.3 Å². The zero-order valence-electron chi connectivity index (χ0n) is 15.9. The van der Waals surface area contributed by atoms with Crippen LogP contribution in [0.15, 0.2) is 60.2 Å². The predicted molar refractivity (Wildman–Crippen MR) is 111 cm³/mol. The predicted octanol–water partition coefficient (Wildman–Crippen LogP) is 5.34. The summed E-state index contributed by atoms with van der Waals surface area (Å²) in [6.07, 6.45) is 3.94. The van der Waals surface area contributed by atoms with Gasteiger partial charge in [0, 0.05) is 17.1 Å². The zero-order valence-corrected chi connectivity index (χ0v) is 16.7. The number of carbonyl (C=O) groups excluding carboxylic acids is 2. The molecule has 0 aromatic heterocycles. The van der Waals surface area contributed by atoms with Crippen molar-refractivity contribution in [2.45, 2.75) is 38.6 Å². The molecule has 0 bridgehead atoms. The minimum atomic E-state index is -0.685. The third-order valence-corrected chi connectivity index (χ3v) is 5.38. The Morgan fingerprint density at radius 2 is 1.68 bits per heavy atom. The maximum atomic E-state index is 12.9. The van der Waals surface area contributed by atoms with Crippen LogP contribution in [-0.4, -0.2) is 28.2 Å². The number of nitrogens with zero attached hydrogens (tertiary/aromatic N) is 1. The summed E-state index contributed by atoms with van der Waals surface area (Å²) >= 11 is 6.41. The summed E-state index contributed by atoms with van der Waals surface area (Å²) in [5.41, 5.74) is 1.25. The number of amides is 1. The molecule has 3 rings (SSSR count). The monoisotopic (exact) mass is 397 g/mol. The highest BCUT2D eigenvalue weighted by molar-refractivity contribution is 6.47. The standard InChI is InChI=1S/C23H24ClNO3/c1-2-3-4-10-15-25-20(17-13-8-9-14-18(17)24)19(22(27)23(25)28)21(26)16-11-6-5-7-12-16/h5-9,11-14,20,26H,2-4,10,15H2,1H3/b21-19-. The van der Waals surface area contributed by atoms with Crippen LogP contribution in [0.1, 0.15) is 49.8 Å². The van der Waals surface area contributed by atoms with Crippen LogP contribution in [0.25, 0.3) is 5.76 Å². The highest BCUT2D eigenvalue weighted by atomic mass is 35.5. The molecule has 1 saturated heterocycles. The number of hydrogen-bond donors (Lipinski definition) is 1. The first kappa shape index (κ1) is 20.2. The van der Waals surface area contributed by atoms with Gasteiger partial charge in [-0.25, -0.2) is 0 Å². The van der Waals surface area contributed by atoms with Gasteiger partial charge in [-0.05, 0) is 18.1 Å². The molecule has 28 heavy (non-hydrogen) atoms. The Bertz CT molecular complexity index is 892. The van der Waals surface area contributed by atoms with Crippen molar-refractivity contribution in [3.05, 3.63) is 76.3 Å². The van der Waals surface area contributed by atoms with Gasteiger partial charge >= 0.3 is 0 Å². The molecule has 2 aromatic carbocycles. The van der Waals surface area contributed by atoms with E-state index in [0.717, 1.165) is 25.7 Å². The Balaban J connectivity index is 2.08. The normalized spacial score (nSPS) is 18.6. The average Bonchev–Trinajstić information content (AvgIpc) is 2.96. The third-order valence-electron chi connectivity index (χ3n) is 5.04. The minimum absolute atomic E-state index is 0.0970. The smallest absolute Gasteiger partial charge is 0.295 e. The van der Waals surface area contributed by atoms with E-state index in [-0.39, 0.29) is 11.3 Å². The molecule has 1 aliphatic heterocycles. The number of rotatable bonds is 7. The molecular weight excluding hydrogens is 374 g/mol. The van der Waals surface area contributed by atoms with Crippen molar-refractivity contribution in [1.82, 2.24) is 4.90 Å². The first-order valence-corrected chi connectivity index (χ1v) is 10.0. The van der Waals surface area contributed by atoms with Crippen molar-refractivity contribution >= 4 is 29.1 Å². The van der Waals surface area contributed by atoms with Crippen molar-refractivity contribution in [3.8, 4) is 0 Å². The molecule has 0 saturated carbocycles. The van der Waals surface area contributed by atoms with E-state index in [4.69, 9.17) is 11.6 Å². The van der Waals surface area contributed by atoms with Gasteiger partial charge in [0.25, 0.3) is 11.7 Å². The van der Waals surface area contributed by atoms with E-state index in [0.29, 0.717) is 22.7 Å². The SMILES string of the molecule is CCCCCCN1C(=O)C(=O)/C(=C(\O)c2ccccc2)C1c1ccccc1Cl. The van der Waals surface area contributed by atoms with E-state index in [9.17, 15) is 14.7 Å². The second kappa shape index (κ2) is 9.07. The van der Waals surface area contributed by atoms with E-state index >= 15 is 0 Å². The van der Waals surface area contributed by atoms with Crippen LogP contribution in [0.5, 0.6) is 0 Å². The summed E-state index contributed by atoms with van der Waals surface area (Å²) in [6, 6.07) is 15.3. The number of unbranched alkanes of at least 4 members (excludes halogenated alkanes) is 3. The fourth-order valence-corrected chi connectivity index (χ4v) is 3.83. The summed E-state index contributed by atoms with van der Waals surface area (Å²) in [4.78, 5) is 27.2. The van der Waals surface area contributed by atoms with Crippen LogP contribution in [0, 0.1) is 0 Å². The molecule has 1 unspecified atom stereocenters. The number of hydrogen-bond acceptors (Lipinski definition) is 3. The lowest BCUT2D eigenvalue weighted by molar-refractivity contribution is -0.139. The molecule has 0 radical (unpaired) electrons. The minimum Gasteiger partial charge on any atom is -0.507 e. The molecule has 1 heterocycles. The van der Waals surface area contributed by atoms with Crippen molar-refractivity contribution in [2.75, 3.05) is 6.54 Å². The highest BCUT2D eigenvalue weighted by Gasteiger charge is 2.46. The molecule has 1 atom stereocenters. The Hall–Kier alpha value is -2.59. The van der Waals surface area contributed by atoms with Gasteiger partial charge in [0.2, 0.25) is 0 Å². The van der Waals surface area contributed by atoms with Gasteiger partial charge in [-0.15, -0.1) is 0 Å². The summed E-state index contributed by atoms with van der Waals surface area (Å²) in [5, 5.41) is 11.4. The molecule has 4 nitrogen and oxygen atoms in total. The van der Waals surface area contributed by atoms with Gasteiger partial charge in [0.15, 0.2) is 0 Å². The van der Waals surface area contributed by atoms with Crippen molar-refractivity contribution in [3.63, 3.8) is 0 Å². The highest BCUT2D eigenvalue weighted by Crippen LogP contribution is 2.41. The number of ketones is 1. The second-order valence-electron chi connectivity index (χ2n) is 6.94. The van der Waals surface area contributed by atoms with E-state index in [1.165, 1.54) is 0 Å². The lowest BCUT2D eigenvalue weighted by atomic mass is 9.95. The molecule has 1 N–H and O–H groups in total. The first-order chi connectivity index (χ1) is 13.6. The summed E-state index contributed by atoms with van der Waals surface area (Å²) in [6.45, 7) is 2.57. The molecule has 1 aliphatic rings. The average molecular weight is 398 g/mol.